The molecule has 0 spiro atoms. The Morgan fingerprint density at radius 3 is 2.27 bits per heavy atom. The van der Waals surface area contributed by atoms with Crippen LogP contribution in [0, 0.1) is 6.92 Å². The predicted octanol–water partition coefficient (Wildman–Crippen LogP) is 4.11. The fourth-order valence-corrected chi connectivity index (χ4v) is 1.83. The molecular formula is C14H23N. The predicted molar refractivity (Wildman–Crippen MR) is 68.7 cm³/mol. The first kappa shape index (κ1) is 12.1. The van der Waals surface area contributed by atoms with Gasteiger partial charge in [-0.1, -0.05) is 38.5 Å². The Morgan fingerprint density at radius 2 is 1.80 bits per heavy atom. The van der Waals surface area contributed by atoms with E-state index >= 15 is 0 Å². The number of hydrogen-bond donors (Lipinski definition) is 1. The van der Waals surface area contributed by atoms with Crippen molar-refractivity contribution >= 4 is 5.69 Å². The second-order valence-electron chi connectivity index (χ2n) is 4.36. The van der Waals surface area contributed by atoms with Gasteiger partial charge >= 0.3 is 0 Å². The van der Waals surface area contributed by atoms with Gasteiger partial charge in [0.1, 0.15) is 0 Å². The third-order valence-corrected chi connectivity index (χ3v) is 3.09. The highest BCUT2D eigenvalue weighted by Gasteiger charge is 2.40. The number of anilines is 1. The summed E-state index contributed by atoms with van der Waals surface area (Å²) in [6, 6.07) is 6.67. The van der Waals surface area contributed by atoms with E-state index in [-0.39, 0.29) is 0 Å². The molecule has 0 radical (unpaired) electrons. The van der Waals surface area contributed by atoms with E-state index in [9.17, 15) is 0 Å². The lowest BCUT2D eigenvalue weighted by Crippen LogP contribution is -2.05. The number of hydrogen-bond acceptors (Lipinski definition) is 1. The lowest BCUT2D eigenvalue weighted by molar-refractivity contribution is 0.788. The van der Waals surface area contributed by atoms with Crippen LogP contribution in [0.25, 0.3) is 0 Å². The lowest BCUT2D eigenvalue weighted by Gasteiger charge is -2.15. The first-order valence-electron chi connectivity index (χ1n) is 5.95. The Balaban J connectivity index is 0.000000531. The maximum absolute atomic E-state index is 3.27. The van der Waals surface area contributed by atoms with Gasteiger partial charge in [-0.2, -0.15) is 0 Å². The maximum Gasteiger partial charge on any atom is 0.0375 e. The molecule has 0 aliphatic heterocycles. The standard InChI is InChI=1S/C12H17N.C2H6/c1-9-4-5-11(13-3)10(8-9)12(2)6-7-12;1-2/h4-5,8,13H,6-7H2,1-3H3;1-2H3. The fraction of sp³-hybridized carbons (Fsp3) is 0.571. The smallest absolute Gasteiger partial charge is 0.0375 e. The zero-order valence-electron chi connectivity index (χ0n) is 10.6. The monoisotopic (exact) mass is 205 g/mol. The lowest BCUT2D eigenvalue weighted by atomic mass is 9.95. The van der Waals surface area contributed by atoms with Gasteiger partial charge in [0.2, 0.25) is 0 Å². The Morgan fingerprint density at radius 1 is 1.20 bits per heavy atom. The molecule has 1 N–H and O–H groups in total. The summed E-state index contributed by atoms with van der Waals surface area (Å²) in [6.07, 6.45) is 2.68. The molecule has 1 aliphatic rings. The summed E-state index contributed by atoms with van der Waals surface area (Å²) in [5.74, 6) is 0. The number of rotatable bonds is 2. The number of benzene rings is 1. The van der Waals surface area contributed by atoms with E-state index in [1.165, 1.54) is 29.7 Å². The quantitative estimate of drug-likeness (QED) is 0.766. The Labute approximate surface area is 93.9 Å². The zero-order chi connectivity index (χ0) is 11.5. The molecule has 1 fully saturated rings. The van der Waals surface area contributed by atoms with Gasteiger partial charge < -0.3 is 5.32 Å². The van der Waals surface area contributed by atoms with E-state index in [2.05, 4.69) is 37.4 Å². The first-order valence-corrected chi connectivity index (χ1v) is 5.95. The summed E-state index contributed by atoms with van der Waals surface area (Å²) < 4.78 is 0. The average molecular weight is 205 g/mol. The van der Waals surface area contributed by atoms with E-state index in [0.717, 1.165) is 0 Å². The number of aryl methyl sites for hydroxylation is 1. The SMILES string of the molecule is CC.CNc1ccc(C)cc1C1(C)CC1. The van der Waals surface area contributed by atoms with Crippen LogP contribution in [0.1, 0.15) is 44.7 Å². The van der Waals surface area contributed by atoms with Crippen LogP contribution in [-0.4, -0.2) is 7.05 Å². The third kappa shape index (κ3) is 2.53. The van der Waals surface area contributed by atoms with Gasteiger partial charge in [0, 0.05) is 12.7 Å². The van der Waals surface area contributed by atoms with Gasteiger partial charge in [-0.15, -0.1) is 0 Å². The van der Waals surface area contributed by atoms with Crippen LogP contribution in [0.4, 0.5) is 5.69 Å². The van der Waals surface area contributed by atoms with E-state index in [0.29, 0.717) is 5.41 Å². The maximum atomic E-state index is 3.27. The minimum absolute atomic E-state index is 0.463. The van der Waals surface area contributed by atoms with Crippen LogP contribution in [-0.2, 0) is 5.41 Å². The summed E-state index contributed by atoms with van der Waals surface area (Å²) in [5.41, 5.74) is 4.62. The highest BCUT2D eigenvalue weighted by molar-refractivity contribution is 5.57. The van der Waals surface area contributed by atoms with Crippen molar-refractivity contribution in [1.29, 1.82) is 0 Å². The van der Waals surface area contributed by atoms with Crippen molar-refractivity contribution in [2.45, 2.75) is 46.0 Å². The molecule has 1 saturated carbocycles. The molecule has 15 heavy (non-hydrogen) atoms. The van der Waals surface area contributed by atoms with E-state index in [1.807, 2.05) is 20.9 Å². The molecule has 0 amide bonds. The van der Waals surface area contributed by atoms with E-state index < -0.39 is 0 Å². The fourth-order valence-electron chi connectivity index (χ4n) is 1.83. The molecule has 1 aromatic rings. The van der Waals surface area contributed by atoms with Gasteiger partial charge in [-0.05, 0) is 36.8 Å². The van der Waals surface area contributed by atoms with Crippen LogP contribution in [0.5, 0.6) is 0 Å². The van der Waals surface area contributed by atoms with Gasteiger partial charge in [0.15, 0.2) is 0 Å². The third-order valence-electron chi connectivity index (χ3n) is 3.09. The van der Waals surface area contributed by atoms with Crippen LogP contribution < -0.4 is 5.32 Å². The molecule has 0 unspecified atom stereocenters. The van der Waals surface area contributed by atoms with E-state index in [1.54, 1.807) is 0 Å². The molecule has 2 rings (SSSR count). The Hall–Kier alpha value is -0.980. The van der Waals surface area contributed by atoms with Crippen molar-refractivity contribution in [2.24, 2.45) is 0 Å². The second-order valence-corrected chi connectivity index (χ2v) is 4.36. The minimum atomic E-state index is 0.463. The molecule has 84 valence electrons. The van der Waals surface area contributed by atoms with Crippen molar-refractivity contribution < 1.29 is 0 Å². The van der Waals surface area contributed by atoms with Gasteiger partial charge in [-0.3, -0.25) is 0 Å². The molecule has 0 bridgehead atoms. The molecule has 0 aromatic heterocycles. The molecule has 0 saturated heterocycles. The highest BCUT2D eigenvalue weighted by Crippen LogP contribution is 2.50. The van der Waals surface area contributed by atoms with Gasteiger partial charge in [-0.25, -0.2) is 0 Å². The van der Waals surface area contributed by atoms with Gasteiger partial charge in [0.25, 0.3) is 0 Å². The molecule has 1 aliphatic carbocycles. The molecular weight excluding hydrogens is 182 g/mol. The van der Waals surface area contributed by atoms with Crippen LogP contribution in [0.15, 0.2) is 18.2 Å². The molecule has 1 aromatic carbocycles. The minimum Gasteiger partial charge on any atom is -0.388 e. The normalized spacial score (nSPS) is 16.3. The van der Waals surface area contributed by atoms with Crippen molar-refractivity contribution in [3.63, 3.8) is 0 Å². The molecule has 0 heterocycles. The Bertz CT molecular complexity index is 324. The van der Waals surface area contributed by atoms with Crippen molar-refractivity contribution in [3.8, 4) is 0 Å². The summed E-state index contributed by atoms with van der Waals surface area (Å²) in [6.45, 7) is 8.51. The van der Waals surface area contributed by atoms with Crippen LogP contribution in [0.2, 0.25) is 0 Å². The van der Waals surface area contributed by atoms with Crippen LogP contribution >= 0.6 is 0 Å². The summed E-state index contributed by atoms with van der Waals surface area (Å²) in [7, 11) is 2.00. The Kier molecular flexibility index (Phi) is 3.78. The zero-order valence-corrected chi connectivity index (χ0v) is 10.6. The summed E-state index contributed by atoms with van der Waals surface area (Å²) in [5, 5.41) is 3.27. The van der Waals surface area contributed by atoms with Crippen LogP contribution in [0.3, 0.4) is 0 Å². The highest BCUT2D eigenvalue weighted by atomic mass is 14.8. The van der Waals surface area contributed by atoms with Gasteiger partial charge in [0.05, 0.1) is 0 Å². The summed E-state index contributed by atoms with van der Waals surface area (Å²) >= 11 is 0. The summed E-state index contributed by atoms with van der Waals surface area (Å²) in [4.78, 5) is 0. The largest absolute Gasteiger partial charge is 0.388 e. The molecule has 1 nitrogen and oxygen atoms in total. The topological polar surface area (TPSA) is 12.0 Å². The molecule has 1 heteroatoms. The second kappa shape index (κ2) is 4.69. The molecule has 0 atom stereocenters. The first-order chi connectivity index (χ1) is 7.15. The van der Waals surface area contributed by atoms with Crippen molar-refractivity contribution in [1.82, 2.24) is 0 Å². The van der Waals surface area contributed by atoms with E-state index in [4.69, 9.17) is 0 Å². The average Bonchev–Trinajstić information content (AvgIpc) is 3.01. The van der Waals surface area contributed by atoms with Crippen molar-refractivity contribution in [2.75, 3.05) is 12.4 Å². The van der Waals surface area contributed by atoms with Crippen molar-refractivity contribution in [3.05, 3.63) is 29.3 Å². The number of nitrogens with one attached hydrogen (secondary N) is 1.